The molecule has 1 N–H and O–H groups in total. The Bertz CT molecular complexity index is 1140. The van der Waals surface area contributed by atoms with Crippen molar-refractivity contribution in [2.45, 2.75) is 0 Å². The molecule has 0 spiro atoms. The number of hydrogen-bond donors (Lipinski definition) is 1. The van der Waals surface area contributed by atoms with Crippen LogP contribution in [0.5, 0.6) is 0 Å². The summed E-state index contributed by atoms with van der Waals surface area (Å²) in [5.41, 5.74) is 8.63. The van der Waals surface area contributed by atoms with Crippen LogP contribution in [0.25, 0.3) is 44.3 Å². The van der Waals surface area contributed by atoms with Crippen molar-refractivity contribution < 1.29 is 0 Å². The first-order chi connectivity index (χ1) is 13.4. The summed E-state index contributed by atoms with van der Waals surface area (Å²) in [7, 11) is 0. The summed E-state index contributed by atoms with van der Waals surface area (Å²) in [6, 6.07) is 36.6. The molecule has 0 radical (unpaired) electrons. The summed E-state index contributed by atoms with van der Waals surface area (Å²) < 4.78 is 0. The highest BCUT2D eigenvalue weighted by Crippen LogP contribution is 2.40. The van der Waals surface area contributed by atoms with Gasteiger partial charge in [0.05, 0.1) is 0 Å². The van der Waals surface area contributed by atoms with E-state index in [4.69, 9.17) is 0 Å². The van der Waals surface area contributed by atoms with Crippen LogP contribution < -0.4 is 0 Å². The second-order valence-electron chi connectivity index (χ2n) is 6.74. The number of aromatic nitrogens is 1. The predicted molar refractivity (Wildman–Crippen MR) is 115 cm³/mol. The molecule has 0 aliphatic rings. The molecule has 1 heteroatoms. The van der Waals surface area contributed by atoms with Gasteiger partial charge in [-0.25, -0.2) is 0 Å². The molecule has 1 aromatic heterocycles. The Kier molecular flexibility index (Phi) is 3.84. The molecule has 0 saturated heterocycles. The summed E-state index contributed by atoms with van der Waals surface area (Å²) in [5.74, 6) is 0. The second-order valence-corrected chi connectivity index (χ2v) is 6.74. The minimum atomic E-state index is 1.16. The van der Waals surface area contributed by atoms with Gasteiger partial charge in [-0.2, -0.15) is 0 Å². The highest BCUT2D eigenvalue weighted by atomic mass is 14.7. The monoisotopic (exact) mass is 345 g/mol. The molecule has 0 amide bonds. The van der Waals surface area contributed by atoms with E-state index >= 15 is 0 Å². The topological polar surface area (TPSA) is 15.8 Å². The van der Waals surface area contributed by atoms with Gasteiger partial charge in [0.2, 0.25) is 0 Å². The SMILES string of the molecule is c1ccc(-c2cccc(-c3ccccc3)c2-c2ccc3cc[nH]c3c2)cc1. The number of rotatable bonds is 3. The van der Waals surface area contributed by atoms with Crippen molar-refractivity contribution in [3.8, 4) is 33.4 Å². The molecule has 0 fully saturated rings. The van der Waals surface area contributed by atoms with Gasteiger partial charge in [-0.15, -0.1) is 0 Å². The van der Waals surface area contributed by atoms with Gasteiger partial charge < -0.3 is 4.98 Å². The zero-order valence-corrected chi connectivity index (χ0v) is 14.9. The maximum Gasteiger partial charge on any atom is 0.0460 e. The van der Waals surface area contributed by atoms with Crippen LogP contribution in [0.1, 0.15) is 0 Å². The first kappa shape index (κ1) is 15.7. The smallest absolute Gasteiger partial charge is 0.0460 e. The first-order valence-corrected chi connectivity index (χ1v) is 9.21. The van der Waals surface area contributed by atoms with Crippen LogP contribution in [0.4, 0.5) is 0 Å². The molecule has 4 aromatic carbocycles. The van der Waals surface area contributed by atoms with Gasteiger partial charge in [-0.3, -0.25) is 0 Å². The lowest BCUT2D eigenvalue weighted by Gasteiger charge is -2.16. The van der Waals surface area contributed by atoms with Crippen molar-refractivity contribution in [3.63, 3.8) is 0 Å². The van der Waals surface area contributed by atoms with Crippen LogP contribution in [0.15, 0.2) is 109 Å². The summed E-state index contributed by atoms with van der Waals surface area (Å²) in [4.78, 5) is 3.35. The minimum Gasteiger partial charge on any atom is -0.361 e. The van der Waals surface area contributed by atoms with Gasteiger partial charge in [0.1, 0.15) is 0 Å². The van der Waals surface area contributed by atoms with Crippen molar-refractivity contribution >= 4 is 10.9 Å². The fraction of sp³-hybridized carbons (Fsp3) is 0. The van der Waals surface area contributed by atoms with Crippen LogP contribution in [-0.2, 0) is 0 Å². The Morgan fingerprint density at radius 3 is 1.74 bits per heavy atom. The standard InChI is InChI=1S/C26H19N/c1-3-8-19(9-4-1)23-12-7-13-24(20-10-5-2-6-11-20)26(23)22-15-14-21-16-17-27-25(21)18-22/h1-18,27H. The zero-order chi connectivity index (χ0) is 18.1. The summed E-state index contributed by atoms with van der Waals surface area (Å²) in [6.45, 7) is 0. The van der Waals surface area contributed by atoms with Crippen LogP contribution >= 0.6 is 0 Å². The number of aromatic amines is 1. The third-order valence-corrected chi connectivity index (χ3v) is 5.08. The van der Waals surface area contributed by atoms with E-state index in [2.05, 4.69) is 108 Å². The molecular weight excluding hydrogens is 326 g/mol. The minimum absolute atomic E-state index is 1.16. The van der Waals surface area contributed by atoms with Crippen molar-refractivity contribution in [2.75, 3.05) is 0 Å². The lowest BCUT2D eigenvalue weighted by Crippen LogP contribution is -1.90. The van der Waals surface area contributed by atoms with E-state index in [0.717, 1.165) is 5.52 Å². The third-order valence-electron chi connectivity index (χ3n) is 5.08. The van der Waals surface area contributed by atoms with Crippen molar-refractivity contribution in [3.05, 3.63) is 109 Å². The molecule has 128 valence electrons. The highest BCUT2D eigenvalue weighted by molar-refractivity contribution is 5.97. The average Bonchev–Trinajstić information content (AvgIpc) is 3.22. The van der Waals surface area contributed by atoms with Crippen molar-refractivity contribution in [1.29, 1.82) is 0 Å². The summed E-state index contributed by atoms with van der Waals surface area (Å²) in [5, 5.41) is 1.23. The Morgan fingerprint density at radius 1 is 0.481 bits per heavy atom. The maximum atomic E-state index is 3.35. The molecule has 27 heavy (non-hydrogen) atoms. The fourth-order valence-electron chi connectivity index (χ4n) is 3.78. The van der Waals surface area contributed by atoms with E-state index in [1.165, 1.54) is 38.8 Å². The van der Waals surface area contributed by atoms with E-state index in [9.17, 15) is 0 Å². The van der Waals surface area contributed by atoms with Crippen LogP contribution in [-0.4, -0.2) is 4.98 Å². The lowest BCUT2D eigenvalue weighted by molar-refractivity contribution is 1.47. The Hall–Kier alpha value is -3.58. The fourth-order valence-corrected chi connectivity index (χ4v) is 3.78. The molecule has 0 bridgehead atoms. The van der Waals surface area contributed by atoms with Gasteiger partial charge in [0.25, 0.3) is 0 Å². The van der Waals surface area contributed by atoms with Gasteiger partial charge >= 0.3 is 0 Å². The molecule has 1 heterocycles. The molecule has 0 aliphatic carbocycles. The number of fused-ring (bicyclic) bond motifs is 1. The van der Waals surface area contributed by atoms with Crippen LogP contribution in [0.2, 0.25) is 0 Å². The Morgan fingerprint density at radius 2 is 1.11 bits per heavy atom. The van der Waals surface area contributed by atoms with Gasteiger partial charge in [-0.05, 0) is 50.9 Å². The average molecular weight is 345 g/mol. The number of H-pyrrole nitrogens is 1. The zero-order valence-electron chi connectivity index (χ0n) is 14.9. The number of hydrogen-bond acceptors (Lipinski definition) is 0. The van der Waals surface area contributed by atoms with Crippen LogP contribution in [0.3, 0.4) is 0 Å². The Balaban J connectivity index is 1.82. The molecule has 5 aromatic rings. The summed E-state index contributed by atoms with van der Waals surface area (Å²) in [6.07, 6.45) is 2.00. The summed E-state index contributed by atoms with van der Waals surface area (Å²) >= 11 is 0. The maximum absolute atomic E-state index is 3.35. The van der Waals surface area contributed by atoms with Gasteiger partial charge in [-0.1, -0.05) is 91.0 Å². The molecule has 0 atom stereocenters. The second kappa shape index (κ2) is 6.62. The highest BCUT2D eigenvalue weighted by Gasteiger charge is 2.14. The predicted octanol–water partition coefficient (Wildman–Crippen LogP) is 7.17. The third kappa shape index (κ3) is 2.84. The van der Waals surface area contributed by atoms with E-state index < -0.39 is 0 Å². The molecule has 0 aliphatic heterocycles. The van der Waals surface area contributed by atoms with Gasteiger partial charge in [0, 0.05) is 11.7 Å². The largest absolute Gasteiger partial charge is 0.361 e. The first-order valence-electron chi connectivity index (χ1n) is 9.21. The van der Waals surface area contributed by atoms with Crippen LogP contribution in [0, 0.1) is 0 Å². The molecular formula is C26H19N. The molecule has 0 saturated carbocycles. The van der Waals surface area contributed by atoms with E-state index in [1.54, 1.807) is 0 Å². The van der Waals surface area contributed by atoms with E-state index in [0.29, 0.717) is 0 Å². The molecule has 0 unspecified atom stereocenters. The Labute approximate surface area is 158 Å². The van der Waals surface area contributed by atoms with Crippen molar-refractivity contribution in [2.24, 2.45) is 0 Å². The van der Waals surface area contributed by atoms with Crippen molar-refractivity contribution in [1.82, 2.24) is 4.98 Å². The van der Waals surface area contributed by atoms with E-state index in [-0.39, 0.29) is 0 Å². The number of benzene rings is 4. The normalized spacial score (nSPS) is 11.0. The van der Waals surface area contributed by atoms with Gasteiger partial charge in [0.15, 0.2) is 0 Å². The quantitative estimate of drug-likeness (QED) is 0.357. The molecule has 1 nitrogen and oxygen atoms in total. The lowest BCUT2D eigenvalue weighted by atomic mass is 9.87. The number of nitrogens with one attached hydrogen (secondary N) is 1. The molecule has 5 rings (SSSR count). The van der Waals surface area contributed by atoms with E-state index in [1.807, 2.05) is 6.20 Å².